The molecule has 0 amide bonds. The number of nitrogens with one attached hydrogen (secondary N) is 1. The Morgan fingerprint density at radius 2 is 1.95 bits per heavy atom. The van der Waals surface area contributed by atoms with Gasteiger partial charge in [0.25, 0.3) is 0 Å². The molecule has 1 unspecified atom stereocenters. The van der Waals surface area contributed by atoms with Gasteiger partial charge in [-0.2, -0.15) is 14.9 Å². The van der Waals surface area contributed by atoms with Crippen LogP contribution in [0.1, 0.15) is 0 Å². The molecule has 22 heavy (non-hydrogen) atoms. The number of nitro groups is 2. The topological polar surface area (TPSA) is 139 Å². The number of rotatable bonds is 4. The first-order valence-corrected chi connectivity index (χ1v) is 6.69. The van der Waals surface area contributed by atoms with Crippen molar-refractivity contribution < 1.29 is 14.6 Å². The Morgan fingerprint density at radius 1 is 1.36 bits per heavy atom. The Balaban J connectivity index is 2.28. The molecule has 12 nitrogen and oxygen atoms in total. The molecule has 0 saturated carbocycles. The molecule has 0 bridgehead atoms. The molecule has 2 aliphatic heterocycles. The van der Waals surface area contributed by atoms with Gasteiger partial charge in [-0.15, -0.1) is 0 Å². The SMILES string of the molecule is COC1N=C(N2CCNCC2)N=C(Cl)N1C([N+](=O)[O-])[N+](=O)[O-]. The molecule has 122 valence electrons. The van der Waals surface area contributed by atoms with E-state index < -0.39 is 27.8 Å². The minimum absolute atomic E-state index is 0.236. The Labute approximate surface area is 129 Å². The summed E-state index contributed by atoms with van der Waals surface area (Å²) in [6, 6.07) is 0. The van der Waals surface area contributed by atoms with Gasteiger partial charge < -0.3 is 15.0 Å². The number of ether oxygens (including phenoxy) is 1. The lowest BCUT2D eigenvalue weighted by molar-refractivity contribution is -0.767. The smallest absolute Gasteiger partial charge is 0.342 e. The third-order valence-electron chi connectivity index (χ3n) is 3.11. The van der Waals surface area contributed by atoms with Crippen molar-refractivity contribution in [3.63, 3.8) is 0 Å². The Morgan fingerprint density at radius 3 is 2.45 bits per heavy atom. The number of amidine groups is 1. The largest absolute Gasteiger partial charge is 0.541 e. The zero-order valence-corrected chi connectivity index (χ0v) is 12.3. The van der Waals surface area contributed by atoms with Gasteiger partial charge in [0, 0.05) is 33.3 Å². The third-order valence-corrected chi connectivity index (χ3v) is 3.39. The van der Waals surface area contributed by atoms with Crippen molar-refractivity contribution >= 4 is 22.9 Å². The fourth-order valence-electron chi connectivity index (χ4n) is 2.09. The highest BCUT2D eigenvalue weighted by Crippen LogP contribution is 2.19. The molecular weight excluding hydrogens is 322 g/mol. The van der Waals surface area contributed by atoms with Gasteiger partial charge >= 0.3 is 6.29 Å². The molecule has 0 radical (unpaired) electrons. The molecule has 0 aromatic heterocycles. The third kappa shape index (κ3) is 3.23. The minimum atomic E-state index is -2.32. The average molecular weight is 336 g/mol. The van der Waals surface area contributed by atoms with Crippen molar-refractivity contribution in [2.45, 2.75) is 12.6 Å². The molecule has 1 N–H and O–H groups in total. The van der Waals surface area contributed by atoms with E-state index in [0.717, 1.165) is 13.1 Å². The Hall–Kier alpha value is -2.05. The Bertz CT molecular complexity index is 506. The number of piperazine rings is 1. The number of aliphatic imine (C=N–C) groups is 2. The van der Waals surface area contributed by atoms with Crippen molar-refractivity contribution in [3.05, 3.63) is 20.2 Å². The predicted octanol–water partition coefficient (Wildman–Crippen LogP) is -1.07. The summed E-state index contributed by atoms with van der Waals surface area (Å²) in [6.45, 7) is 2.69. The lowest BCUT2D eigenvalue weighted by atomic mass is 10.4. The monoisotopic (exact) mass is 335 g/mol. The summed E-state index contributed by atoms with van der Waals surface area (Å²) in [5.41, 5.74) is 0. The standard InChI is InChI=1S/C9H14ClN7O5/c1-22-8-13-7(14-4-2-11-3-5-14)12-6(10)15(8)9(16(18)19)17(20)21/h8-9,11H,2-5H2,1H3. The number of nitrogens with zero attached hydrogens (tertiary/aromatic N) is 6. The quantitative estimate of drug-likeness (QED) is 0.296. The van der Waals surface area contributed by atoms with Crippen LogP contribution in [0.15, 0.2) is 9.98 Å². The summed E-state index contributed by atoms with van der Waals surface area (Å²) in [4.78, 5) is 30.1. The zero-order valence-electron chi connectivity index (χ0n) is 11.6. The van der Waals surface area contributed by atoms with Crippen LogP contribution < -0.4 is 5.32 Å². The molecule has 2 rings (SSSR count). The number of halogens is 1. The van der Waals surface area contributed by atoms with Crippen LogP contribution in [-0.2, 0) is 4.74 Å². The molecule has 0 aromatic carbocycles. The highest BCUT2D eigenvalue weighted by atomic mass is 35.5. The highest BCUT2D eigenvalue weighted by Gasteiger charge is 2.48. The fourth-order valence-corrected chi connectivity index (χ4v) is 2.34. The van der Waals surface area contributed by atoms with Crippen LogP contribution >= 0.6 is 11.6 Å². The van der Waals surface area contributed by atoms with Crippen molar-refractivity contribution in [1.29, 1.82) is 0 Å². The van der Waals surface area contributed by atoms with Crippen LogP contribution in [0.3, 0.4) is 0 Å². The lowest BCUT2D eigenvalue weighted by Gasteiger charge is -2.33. The van der Waals surface area contributed by atoms with Gasteiger partial charge in [-0.25, -0.2) is 0 Å². The van der Waals surface area contributed by atoms with Crippen molar-refractivity contribution in [2.24, 2.45) is 9.98 Å². The van der Waals surface area contributed by atoms with E-state index >= 15 is 0 Å². The minimum Gasteiger partial charge on any atom is -0.342 e. The van der Waals surface area contributed by atoms with E-state index in [0.29, 0.717) is 18.0 Å². The average Bonchev–Trinajstić information content (AvgIpc) is 2.49. The summed E-state index contributed by atoms with van der Waals surface area (Å²) in [5, 5.41) is 24.6. The fraction of sp³-hybridized carbons (Fsp3) is 0.778. The van der Waals surface area contributed by atoms with Crippen LogP contribution in [0.2, 0.25) is 0 Å². The molecule has 1 atom stereocenters. The van der Waals surface area contributed by atoms with Crippen LogP contribution in [0, 0.1) is 20.2 Å². The number of guanidine groups is 1. The van der Waals surface area contributed by atoms with Gasteiger partial charge in [0.15, 0.2) is 0 Å². The second-order valence-electron chi connectivity index (χ2n) is 4.43. The van der Waals surface area contributed by atoms with E-state index in [1.165, 1.54) is 7.11 Å². The normalized spacial score (nSPS) is 22.4. The van der Waals surface area contributed by atoms with E-state index in [4.69, 9.17) is 16.3 Å². The zero-order chi connectivity index (χ0) is 16.3. The first-order chi connectivity index (χ1) is 10.5. The van der Waals surface area contributed by atoms with Crippen molar-refractivity contribution in [3.8, 4) is 0 Å². The number of hydrogen-bond acceptors (Lipinski definition) is 10. The van der Waals surface area contributed by atoms with Gasteiger partial charge in [-0.3, -0.25) is 20.2 Å². The van der Waals surface area contributed by atoms with Crippen LogP contribution in [0.5, 0.6) is 0 Å². The molecule has 1 fully saturated rings. The maximum Gasteiger partial charge on any atom is 0.541 e. The molecule has 13 heteroatoms. The van der Waals surface area contributed by atoms with Gasteiger partial charge in [-0.05, 0) is 11.6 Å². The van der Waals surface area contributed by atoms with Gasteiger partial charge in [0.1, 0.15) is 9.85 Å². The van der Waals surface area contributed by atoms with Gasteiger partial charge in [-0.1, -0.05) is 0 Å². The second kappa shape index (κ2) is 6.81. The summed E-state index contributed by atoms with van der Waals surface area (Å²) in [5.74, 6) is 0.236. The summed E-state index contributed by atoms with van der Waals surface area (Å²) in [6.07, 6.45) is -3.62. The number of hydrogen-bond donors (Lipinski definition) is 1. The summed E-state index contributed by atoms with van der Waals surface area (Å²) in [7, 11) is 1.23. The van der Waals surface area contributed by atoms with E-state index in [1.54, 1.807) is 0 Å². The second-order valence-corrected chi connectivity index (χ2v) is 4.77. The van der Waals surface area contributed by atoms with Gasteiger partial charge in [0.05, 0.1) is 0 Å². The van der Waals surface area contributed by atoms with Crippen molar-refractivity contribution in [1.82, 2.24) is 15.1 Å². The first kappa shape index (κ1) is 16.3. The number of methoxy groups -OCH3 is 1. The Kier molecular flexibility index (Phi) is 5.05. The molecular formula is C9H14ClN7O5. The van der Waals surface area contributed by atoms with Crippen LogP contribution in [0.25, 0.3) is 0 Å². The predicted molar refractivity (Wildman–Crippen MR) is 75.6 cm³/mol. The van der Waals surface area contributed by atoms with Crippen LogP contribution in [-0.4, -0.2) is 76.8 Å². The van der Waals surface area contributed by atoms with E-state index in [9.17, 15) is 20.2 Å². The molecule has 0 aromatic rings. The molecule has 2 aliphatic rings. The lowest BCUT2D eigenvalue weighted by Crippen LogP contribution is -2.56. The van der Waals surface area contributed by atoms with Gasteiger partial charge in [0.2, 0.25) is 17.6 Å². The van der Waals surface area contributed by atoms with E-state index in [2.05, 4.69) is 15.3 Å². The maximum absolute atomic E-state index is 10.9. The van der Waals surface area contributed by atoms with E-state index in [1.807, 2.05) is 4.90 Å². The van der Waals surface area contributed by atoms with E-state index in [-0.39, 0.29) is 5.96 Å². The molecule has 0 aliphatic carbocycles. The molecule has 0 spiro atoms. The van der Waals surface area contributed by atoms with Crippen LogP contribution in [0.4, 0.5) is 0 Å². The maximum atomic E-state index is 10.9. The molecule has 2 heterocycles. The molecule has 1 saturated heterocycles. The summed E-state index contributed by atoms with van der Waals surface area (Å²) < 4.78 is 5.00. The highest BCUT2D eigenvalue weighted by molar-refractivity contribution is 6.65. The summed E-state index contributed by atoms with van der Waals surface area (Å²) >= 11 is 5.92. The first-order valence-electron chi connectivity index (χ1n) is 6.31. The van der Waals surface area contributed by atoms with Crippen molar-refractivity contribution in [2.75, 3.05) is 33.3 Å².